The Hall–Kier alpha value is -0.343. The zero-order valence-electron chi connectivity index (χ0n) is 15.0. The van der Waals surface area contributed by atoms with Gasteiger partial charge in [-0.1, -0.05) is 78.3 Å². The lowest BCUT2D eigenvalue weighted by molar-refractivity contribution is 0.144. The van der Waals surface area contributed by atoms with Crippen molar-refractivity contribution in [3.05, 3.63) is 23.8 Å². The van der Waals surface area contributed by atoms with Crippen LogP contribution < -0.4 is 0 Å². The average molecular weight is 306 g/mol. The molecule has 0 spiro atoms. The maximum Gasteiger partial charge on any atom is 0.107 e. The monoisotopic (exact) mass is 305 g/mol. The molecule has 0 aromatic heterocycles. The van der Waals surface area contributed by atoms with Crippen LogP contribution in [-0.4, -0.2) is 25.1 Å². The smallest absolute Gasteiger partial charge is 0.107 e. The Morgan fingerprint density at radius 2 is 1.71 bits per heavy atom. The molecule has 1 fully saturated rings. The van der Waals surface area contributed by atoms with Crippen LogP contribution in [0.1, 0.15) is 59.8 Å². The van der Waals surface area contributed by atoms with Crippen LogP contribution in [0.3, 0.4) is 0 Å². The van der Waals surface area contributed by atoms with Crippen molar-refractivity contribution in [2.24, 2.45) is 11.8 Å². The van der Waals surface area contributed by atoms with Gasteiger partial charge in [0, 0.05) is 6.04 Å². The van der Waals surface area contributed by atoms with E-state index < -0.39 is 8.96 Å². The van der Waals surface area contributed by atoms with Crippen molar-refractivity contribution in [3.63, 3.8) is 0 Å². The molecule has 1 atom stereocenters. The van der Waals surface area contributed by atoms with Gasteiger partial charge in [-0.3, -0.25) is 0 Å². The Morgan fingerprint density at radius 3 is 2.14 bits per heavy atom. The molecule has 0 bridgehead atoms. The van der Waals surface area contributed by atoms with Gasteiger partial charge >= 0.3 is 0 Å². The summed E-state index contributed by atoms with van der Waals surface area (Å²) in [6, 6.07) is 0.820. The second-order valence-corrected chi connectivity index (χ2v) is 10.7. The van der Waals surface area contributed by atoms with Gasteiger partial charge in [-0.15, -0.1) is 0 Å². The van der Waals surface area contributed by atoms with Gasteiger partial charge in [-0.05, 0) is 30.3 Å². The number of hydrogen-bond donors (Lipinski definition) is 0. The zero-order chi connectivity index (χ0) is 15.6. The van der Waals surface area contributed by atoms with Gasteiger partial charge < -0.3 is 4.57 Å². The Morgan fingerprint density at radius 1 is 1.10 bits per heavy atom. The van der Waals surface area contributed by atoms with Gasteiger partial charge in [0.25, 0.3) is 0 Å². The van der Waals surface area contributed by atoms with Crippen LogP contribution in [0.15, 0.2) is 23.8 Å². The molecule has 21 heavy (non-hydrogen) atoms. The number of allylic oxidation sites excluding steroid dienone is 2. The molecule has 2 aliphatic carbocycles. The molecule has 1 saturated carbocycles. The average Bonchev–Trinajstić information content (AvgIpc) is 2.86. The van der Waals surface area contributed by atoms with Gasteiger partial charge in [0.05, 0.1) is 5.54 Å². The van der Waals surface area contributed by atoms with Gasteiger partial charge in [-0.2, -0.15) is 0 Å². The normalized spacial score (nSPS) is 27.4. The van der Waals surface area contributed by atoms with Gasteiger partial charge in [0.2, 0.25) is 0 Å². The van der Waals surface area contributed by atoms with Crippen LogP contribution in [0.25, 0.3) is 0 Å². The van der Waals surface area contributed by atoms with E-state index in [0.29, 0.717) is 11.8 Å². The third-order valence-corrected chi connectivity index (χ3v) is 7.49. The molecule has 2 rings (SSSR count). The molecule has 0 N–H and O–H groups in total. The van der Waals surface area contributed by atoms with Crippen LogP contribution in [0.5, 0.6) is 0 Å². The fourth-order valence-corrected chi connectivity index (χ4v) is 6.81. The first-order chi connectivity index (χ1) is 9.88. The van der Waals surface area contributed by atoms with Crippen LogP contribution in [0.2, 0.25) is 13.1 Å². The first kappa shape index (κ1) is 17.0. The minimum absolute atomic E-state index is 0.196. The summed E-state index contributed by atoms with van der Waals surface area (Å²) in [5, 5.41) is 0. The largest absolute Gasteiger partial charge is 0.312 e. The maximum atomic E-state index is 2.97. The minimum atomic E-state index is -0.856. The predicted octanol–water partition coefficient (Wildman–Crippen LogP) is 5.15. The summed E-state index contributed by atoms with van der Waals surface area (Å²) in [4.78, 5) is 0. The van der Waals surface area contributed by atoms with Crippen molar-refractivity contribution in [2.75, 3.05) is 0 Å². The molecule has 0 saturated heterocycles. The van der Waals surface area contributed by atoms with Crippen molar-refractivity contribution in [3.8, 4) is 0 Å². The highest BCUT2D eigenvalue weighted by atomic mass is 28.3. The molecule has 0 heterocycles. The molecule has 0 radical (unpaired) electrons. The van der Waals surface area contributed by atoms with Gasteiger partial charge in [0.1, 0.15) is 8.96 Å². The van der Waals surface area contributed by atoms with Gasteiger partial charge in [-0.25, -0.2) is 0 Å². The summed E-state index contributed by atoms with van der Waals surface area (Å²) in [7, 11) is -0.856. The summed E-state index contributed by atoms with van der Waals surface area (Å²) in [6.45, 7) is 14.5. The third kappa shape index (κ3) is 3.37. The lowest BCUT2D eigenvalue weighted by atomic mass is 9.84. The fraction of sp³-hybridized carbons (Fsp3) is 0.789. The van der Waals surface area contributed by atoms with Crippen molar-refractivity contribution < 1.29 is 0 Å². The van der Waals surface area contributed by atoms with E-state index in [9.17, 15) is 0 Å². The Labute approximate surface area is 134 Å². The zero-order valence-corrected chi connectivity index (χ0v) is 16.2. The van der Waals surface area contributed by atoms with E-state index in [-0.39, 0.29) is 5.54 Å². The Bertz CT molecular complexity index is 402. The highest BCUT2D eigenvalue weighted by Crippen LogP contribution is 2.40. The highest BCUT2D eigenvalue weighted by Gasteiger charge is 2.43. The van der Waals surface area contributed by atoms with Crippen molar-refractivity contribution >= 4 is 8.96 Å². The second kappa shape index (κ2) is 6.83. The lowest BCUT2D eigenvalue weighted by Crippen LogP contribution is -2.59. The van der Waals surface area contributed by atoms with Crippen LogP contribution in [-0.2, 0) is 0 Å². The predicted molar refractivity (Wildman–Crippen MR) is 97.2 cm³/mol. The molecule has 0 aliphatic heterocycles. The molecule has 0 amide bonds. The van der Waals surface area contributed by atoms with Crippen LogP contribution >= 0.6 is 0 Å². The molecule has 120 valence electrons. The summed E-state index contributed by atoms with van der Waals surface area (Å²) >= 11 is 0. The lowest BCUT2D eigenvalue weighted by Gasteiger charge is -2.50. The van der Waals surface area contributed by atoms with E-state index >= 15 is 0 Å². The summed E-state index contributed by atoms with van der Waals surface area (Å²) in [5.41, 5.74) is 1.74. The molecular weight excluding hydrogens is 270 g/mol. The van der Waals surface area contributed by atoms with Crippen LogP contribution in [0, 0.1) is 11.8 Å². The van der Waals surface area contributed by atoms with E-state index in [1.54, 1.807) is 5.57 Å². The summed E-state index contributed by atoms with van der Waals surface area (Å²) in [5.74, 6) is 1.30. The van der Waals surface area contributed by atoms with Crippen LogP contribution in [0.4, 0.5) is 0 Å². The molecule has 2 heteroatoms. The molecular formula is C19H35NSi. The van der Waals surface area contributed by atoms with E-state index in [2.05, 4.69) is 63.6 Å². The van der Waals surface area contributed by atoms with E-state index in [4.69, 9.17) is 0 Å². The third-order valence-electron chi connectivity index (χ3n) is 5.50. The number of hydrogen-bond acceptors (Lipinski definition) is 1. The van der Waals surface area contributed by atoms with Crippen molar-refractivity contribution in [1.29, 1.82) is 0 Å². The fourth-order valence-electron chi connectivity index (χ4n) is 4.31. The van der Waals surface area contributed by atoms with E-state index in [0.717, 1.165) is 6.04 Å². The van der Waals surface area contributed by atoms with E-state index in [1.165, 1.54) is 32.1 Å². The topological polar surface area (TPSA) is 3.24 Å². The van der Waals surface area contributed by atoms with Crippen molar-refractivity contribution in [1.82, 2.24) is 4.57 Å². The van der Waals surface area contributed by atoms with E-state index in [1.807, 2.05) is 0 Å². The maximum absolute atomic E-state index is 2.97. The summed E-state index contributed by atoms with van der Waals surface area (Å²) < 4.78 is 2.97. The number of rotatable bonds is 5. The SMILES string of the molecule is CC(C)C1=CC(C(C)C)(N(C2CCCCC2)[SiH](C)C)C=C1. The molecule has 0 aromatic carbocycles. The minimum Gasteiger partial charge on any atom is -0.312 e. The first-order valence-electron chi connectivity index (χ1n) is 9.09. The molecule has 0 aromatic rings. The Kier molecular flexibility index (Phi) is 5.53. The quantitative estimate of drug-likeness (QED) is 0.635. The highest BCUT2D eigenvalue weighted by molar-refractivity contribution is 6.53. The molecule has 1 unspecified atom stereocenters. The standard InChI is InChI=1S/C19H35NSi/c1-15(2)17-12-13-19(14-17,16(3)4)20(21(5)6)18-10-8-7-9-11-18/h12-16,18,21H,7-11H2,1-6H3. The Balaban J connectivity index is 2.37. The molecule has 1 nitrogen and oxygen atoms in total. The van der Waals surface area contributed by atoms with Crippen molar-refractivity contribution in [2.45, 2.75) is 84.5 Å². The first-order valence-corrected chi connectivity index (χ1v) is 11.9. The number of nitrogens with zero attached hydrogens (tertiary/aromatic N) is 1. The van der Waals surface area contributed by atoms with Gasteiger partial charge in [0.15, 0.2) is 0 Å². The molecule has 2 aliphatic rings. The second-order valence-electron chi connectivity index (χ2n) is 7.97. The summed E-state index contributed by atoms with van der Waals surface area (Å²) in [6.07, 6.45) is 14.7.